The van der Waals surface area contributed by atoms with Crippen molar-refractivity contribution >= 4 is 5.78 Å². The number of carbonyl (C=O) groups is 1. The molecule has 12 heavy (non-hydrogen) atoms. The van der Waals surface area contributed by atoms with Crippen LogP contribution in [0.3, 0.4) is 0 Å². The van der Waals surface area contributed by atoms with Gasteiger partial charge in [-0.2, -0.15) is 0 Å². The average Bonchev–Trinajstić information content (AvgIpc) is 2.12. The van der Waals surface area contributed by atoms with Gasteiger partial charge in [-0.3, -0.25) is 4.79 Å². The van der Waals surface area contributed by atoms with E-state index in [4.69, 9.17) is 0 Å². The van der Waals surface area contributed by atoms with Gasteiger partial charge >= 0.3 is 0 Å². The van der Waals surface area contributed by atoms with Crippen LogP contribution in [0.5, 0.6) is 0 Å². The Labute approximate surface area is 71.0 Å². The summed E-state index contributed by atoms with van der Waals surface area (Å²) in [5.41, 5.74) is 1.82. The molecule has 64 valence electrons. The molecule has 0 saturated heterocycles. The maximum Gasteiger partial charge on any atom is 0.197 e. The molecule has 0 spiro atoms. The van der Waals surface area contributed by atoms with E-state index in [-0.39, 0.29) is 5.78 Å². The third kappa shape index (κ3) is 1.11. The lowest BCUT2D eigenvalue weighted by Crippen LogP contribution is -2.21. The number of halogens is 1. The second kappa shape index (κ2) is 2.85. The molecule has 0 amide bonds. The normalized spacial score (nSPS) is 29.1. The minimum atomic E-state index is -1.37. The number of Topliss-reactive ketones (excluding diaryl/α,β-unsaturated/α-hetero) is 1. The van der Waals surface area contributed by atoms with E-state index in [1.165, 1.54) is 6.08 Å². The molecule has 1 atom stereocenters. The van der Waals surface area contributed by atoms with Crippen molar-refractivity contribution in [1.29, 1.82) is 0 Å². The molecule has 0 saturated carbocycles. The molecule has 2 heteroatoms. The Balaban J connectivity index is 2.35. The van der Waals surface area contributed by atoms with Gasteiger partial charge < -0.3 is 0 Å². The molecule has 0 bridgehead atoms. The van der Waals surface area contributed by atoms with Crippen molar-refractivity contribution in [2.24, 2.45) is 0 Å². The predicted molar refractivity (Wildman–Crippen MR) is 44.5 cm³/mol. The first-order valence-electron chi connectivity index (χ1n) is 4.37. The Kier molecular flexibility index (Phi) is 1.83. The second-order valence-corrected chi connectivity index (χ2v) is 3.34. The summed E-state index contributed by atoms with van der Waals surface area (Å²) in [5, 5.41) is 0. The van der Waals surface area contributed by atoms with Crippen molar-refractivity contribution < 1.29 is 9.18 Å². The highest BCUT2D eigenvalue weighted by atomic mass is 19.1. The van der Waals surface area contributed by atoms with E-state index in [2.05, 4.69) is 0 Å². The molecule has 0 aromatic heterocycles. The van der Waals surface area contributed by atoms with Crippen molar-refractivity contribution in [3.63, 3.8) is 0 Å². The lowest BCUT2D eigenvalue weighted by Gasteiger charge is -2.21. The lowest BCUT2D eigenvalue weighted by atomic mass is 9.84. The SMILES string of the molecule is O=C1C2=C(C=CC1F)CCCC2. The summed E-state index contributed by atoms with van der Waals surface area (Å²) in [4.78, 5) is 11.3. The first kappa shape index (κ1) is 7.71. The molecular formula is C10H11FO. The van der Waals surface area contributed by atoms with Crippen LogP contribution in [-0.2, 0) is 4.79 Å². The Morgan fingerprint density at radius 2 is 2.08 bits per heavy atom. The third-order valence-electron chi connectivity index (χ3n) is 2.52. The molecule has 0 radical (unpaired) electrons. The minimum Gasteiger partial charge on any atom is -0.291 e. The lowest BCUT2D eigenvalue weighted by molar-refractivity contribution is -0.119. The van der Waals surface area contributed by atoms with E-state index >= 15 is 0 Å². The zero-order valence-electron chi connectivity index (χ0n) is 6.85. The zero-order chi connectivity index (χ0) is 8.55. The van der Waals surface area contributed by atoms with Crippen LogP contribution in [0.15, 0.2) is 23.3 Å². The molecular weight excluding hydrogens is 155 g/mol. The van der Waals surface area contributed by atoms with Crippen LogP contribution >= 0.6 is 0 Å². The van der Waals surface area contributed by atoms with Gasteiger partial charge in [0.25, 0.3) is 0 Å². The molecule has 2 aliphatic rings. The van der Waals surface area contributed by atoms with Crippen LogP contribution in [-0.4, -0.2) is 12.0 Å². The van der Waals surface area contributed by atoms with Gasteiger partial charge in [0, 0.05) is 5.57 Å². The molecule has 2 rings (SSSR count). The molecule has 0 N–H and O–H groups in total. The van der Waals surface area contributed by atoms with Crippen LogP contribution in [0.2, 0.25) is 0 Å². The molecule has 1 nitrogen and oxygen atoms in total. The van der Waals surface area contributed by atoms with Gasteiger partial charge in [0.1, 0.15) is 0 Å². The Bertz CT molecular complexity index is 276. The Morgan fingerprint density at radius 1 is 1.33 bits per heavy atom. The number of hydrogen-bond donors (Lipinski definition) is 0. The first-order chi connectivity index (χ1) is 5.79. The van der Waals surface area contributed by atoms with Crippen molar-refractivity contribution in [3.05, 3.63) is 23.3 Å². The summed E-state index contributed by atoms with van der Waals surface area (Å²) in [6.07, 6.45) is 5.66. The summed E-state index contributed by atoms with van der Waals surface area (Å²) in [5.74, 6) is -0.299. The predicted octanol–water partition coefficient (Wildman–Crippen LogP) is 2.33. The van der Waals surface area contributed by atoms with E-state index in [1.54, 1.807) is 6.08 Å². The number of allylic oxidation sites excluding steroid dienone is 4. The fourth-order valence-corrected chi connectivity index (χ4v) is 1.85. The fourth-order valence-electron chi connectivity index (χ4n) is 1.85. The van der Waals surface area contributed by atoms with Crippen LogP contribution < -0.4 is 0 Å². The largest absolute Gasteiger partial charge is 0.291 e. The number of ketones is 1. The van der Waals surface area contributed by atoms with Crippen LogP contribution in [0.25, 0.3) is 0 Å². The second-order valence-electron chi connectivity index (χ2n) is 3.34. The topological polar surface area (TPSA) is 17.1 Å². The van der Waals surface area contributed by atoms with E-state index in [0.717, 1.165) is 36.8 Å². The minimum absolute atomic E-state index is 0.299. The van der Waals surface area contributed by atoms with E-state index < -0.39 is 6.17 Å². The molecule has 0 aromatic carbocycles. The van der Waals surface area contributed by atoms with Crippen LogP contribution in [0, 0.1) is 0 Å². The van der Waals surface area contributed by atoms with E-state index in [9.17, 15) is 9.18 Å². The van der Waals surface area contributed by atoms with Gasteiger partial charge in [0.2, 0.25) is 0 Å². The molecule has 0 aliphatic heterocycles. The van der Waals surface area contributed by atoms with Crippen molar-refractivity contribution in [3.8, 4) is 0 Å². The smallest absolute Gasteiger partial charge is 0.197 e. The highest BCUT2D eigenvalue weighted by Gasteiger charge is 2.26. The van der Waals surface area contributed by atoms with Crippen molar-refractivity contribution in [1.82, 2.24) is 0 Å². The highest BCUT2D eigenvalue weighted by molar-refractivity contribution is 6.02. The Morgan fingerprint density at radius 3 is 2.92 bits per heavy atom. The quantitative estimate of drug-likeness (QED) is 0.539. The summed E-state index contributed by atoms with van der Waals surface area (Å²) in [7, 11) is 0. The van der Waals surface area contributed by atoms with E-state index in [1.807, 2.05) is 0 Å². The zero-order valence-corrected chi connectivity index (χ0v) is 6.85. The van der Waals surface area contributed by atoms with Gasteiger partial charge in [0.15, 0.2) is 12.0 Å². The summed E-state index contributed by atoms with van der Waals surface area (Å²) in [6, 6.07) is 0. The number of rotatable bonds is 0. The molecule has 1 unspecified atom stereocenters. The molecule has 2 aliphatic carbocycles. The van der Waals surface area contributed by atoms with Crippen molar-refractivity contribution in [2.75, 3.05) is 0 Å². The highest BCUT2D eigenvalue weighted by Crippen LogP contribution is 2.30. The maximum atomic E-state index is 12.9. The number of carbonyl (C=O) groups excluding carboxylic acids is 1. The standard InChI is InChI=1S/C10H11FO/c11-9-6-5-7-3-1-2-4-8(7)10(9)12/h5-6,9H,1-4H2. The third-order valence-corrected chi connectivity index (χ3v) is 2.52. The van der Waals surface area contributed by atoms with Gasteiger partial charge in [0.05, 0.1) is 0 Å². The fraction of sp³-hybridized carbons (Fsp3) is 0.500. The van der Waals surface area contributed by atoms with Gasteiger partial charge in [-0.05, 0) is 37.3 Å². The van der Waals surface area contributed by atoms with Gasteiger partial charge in [-0.15, -0.1) is 0 Å². The van der Waals surface area contributed by atoms with E-state index in [0.29, 0.717) is 0 Å². The maximum absolute atomic E-state index is 12.9. The number of alkyl halides is 1. The van der Waals surface area contributed by atoms with Gasteiger partial charge in [-0.25, -0.2) is 4.39 Å². The van der Waals surface area contributed by atoms with Crippen LogP contribution in [0.4, 0.5) is 4.39 Å². The summed E-state index contributed by atoms with van der Waals surface area (Å²) in [6.45, 7) is 0. The summed E-state index contributed by atoms with van der Waals surface area (Å²) < 4.78 is 12.9. The molecule has 0 aromatic rings. The average molecular weight is 166 g/mol. The Hall–Kier alpha value is -0.920. The van der Waals surface area contributed by atoms with Crippen molar-refractivity contribution in [2.45, 2.75) is 31.9 Å². The van der Waals surface area contributed by atoms with Crippen LogP contribution in [0.1, 0.15) is 25.7 Å². The number of hydrogen-bond acceptors (Lipinski definition) is 1. The first-order valence-corrected chi connectivity index (χ1v) is 4.37. The monoisotopic (exact) mass is 166 g/mol. The summed E-state index contributed by atoms with van der Waals surface area (Å²) >= 11 is 0. The van der Waals surface area contributed by atoms with Gasteiger partial charge in [-0.1, -0.05) is 6.08 Å². The molecule has 0 heterocycles. The molecule has 0 fully saturated rings.